The van der Waals surface area contributed by atoms with Crippen LogP contribution in [0, 0.1) is 13.8 Å². The summed E-state index contributed by atoms with van der Waals surface area (Å²) < 4.78 is 7.27. The first-order valence-electron chi connectivity index (χ1n) is 7.47. The van der Waals surface area contributed by atoms with Crippen LogP contribution < -0.4 is 0 Å². The van der Waals surface area contributed by atoms with Crippen molar-refractivity contribution in [2.75, 3.05) is 0 Å². The summed E-state index contributed by atoms with van der Waals surface area (Å²) in [4.78, 5) is 16.3. The zero-order valence-electron chi connectivity index (χ0n) is 13.2. The number of esters is 1. The van der Waals surface area contributed by atoms with Crippen molar-refractivity contribution in [3.05, 3.63) is 77.3 Å². The Kier molecular flexibility index (Phi) is 4.24. The highest BCUT2D eigenvalue weighted by Crippen LogP contribution is 2.13. The average Bonchev–Trinajstić information content (AvgIpc) is 2.87. The number of hydrogen-bond acceptors (Lipinski definition) is 3. The second-order valence-electron chi connectivity index (χ2n) is 5.42. The molecule has 116 valence electrons. The molecule has 0 bridgehead atoms. The number of carbonyl (C=O) groups excluding carboxylic acids is 1. The molecule has 1 aromatic carbocycles. The van der Waals surface area contributed by atoms with Gasteiger partial charge in [0.25, 0.3) is 0 Å². The Bertz CT molecular complexity index is 861. The molecule has 0 atom stereocenters. The molecule has 0 radical (unpaired) electrons. The summed E-state index contributed by atoms with van der Waals surface area (Å²) in [7, 11) is 0. The van der Waals surface area contributed by atoms with E-state index in [1.165, 1.54) is 11.6 Å². The number of aryl methyl sites for hydroxylation is 2. The Morgan fingerprint density at radius 2 is 1.96 bits per heavy atom. The number of nitrogens with zero attached hydrogens (tertiary/aromatic N) is 2. The molecule has 0 unspecified atom stereocenters. The van der Waals surface area contributed by atoms with Gasteiger partial charge in [-0.1, -0.05) is 35.9 Å². The maximum atomic E-state index is 11.9. The zero-order valence-corrected chi connectivity index (χ0v) is 13.2. The summed E-state index contributed by atoms with van der Waals surface area (Å²) >= 11 is 0. The number of fused-ring (bicyclic) bond motifs is 1. The number of ether oxygens (including phenoxy) is 1. The molecule has 0 aliphatic heterocycles. The van der Waals surface area contributed by atoms with Gasteiger partial charge in [-0.2, -0.15) is 0 Å². The molecule has 4 nitrogen and oxygen atoms in total. The molecule has 0 saturated carbocycles. The van der Waals surface area contributed by atoms with Gasteiger partial charge in [0.05, 0.1) is 11.4 Å². The third kappa shape index (κ3) is 3.48. The molecular weight excluding hydrogens is 288 g/mol. The van der Waals surface area contributed by atoms with Crippen LogP contribution in [-0.4, -0.2) is 15.4 Å². The summed E-state index contributed by atoms with van der Waals surface area (Å²) in [5, 5.41) is 0. The third-order valence-electron chi connectivity index (χ3n) is 3.67. The highest BCUT2D eigenvalue weighted by Gasteiger charge is 2.09. The highest BCUT2D eigenvalue weighted by atomic mass is 16.5. The van der Waals surface area contributed by atoms with E-state index in [1.807, 2.05) is 66.9 Å². The van der Waals surface area contributed by atoms with Crippen LogP contribution >= 0.6 is 0 Å². The monoisotopic (exact) mass is 306 g/mol. The van der Waals surface area contributed by atoms with Crippen LogP contribution in [0.2, 0.25) is 0 Å². The molecule has 23 heavy (non-hydrogen) atoms. The topological polar surface area (TPSA) is 43.6 Å². The molecule has 0 amide bonds. The number of carbonyl (C=O) groups is 1. The minimum absolute atomic E-state index is 0.202. The molecule has 2 aromatic heterocycles. The number of rotatable bonds is 4. The van der Waals surface area contributed by atoms with Crippen molar-refractivity contribution < 1.29 is 9.53 Å². The number of benzene rings is 1. The Hall–Kier alpha value is -2.88. The smallest absolute Gasteiger partial charge is 0.331 e. The van der Waals surface area contributed by atoms with E-state index in [2.05, 4.69) is 4.98 Å². The quantitative estimate of drug-likeness (QED) is 0.545. The van der Waals surface area contributed by atoms with Crippen molar-refractivity contribution in [2.45, 2.75) is 20.5 Å². The number of pyridine rings is 1. The van der Waals surface area contributed by atoms with E-state index in [4.69, 9.17) is 4.74 Å². The van der Waals surface area contributed by atoms with Crippen LogP contribution in [0.25, 0.3) is 11.7 Å². The van der Waals surface area contributed by atoms with Gasteiger partial charge in [-0.25, -0.2) is 9.78 Å². The van der Waals surface area contributed by atoms with Gasteiger partial charge in [-0.15, -0.1) is 0 Å². The first kappa shape index (κ1) is 15.0. The molecule has 4 heteroatoms. The third-order valence-corrected chi connectivity index (χ3v) is 3.67. The van der Waals surface area contributed by atoms with Crippen molar-refractivity contribution >= 4 is 17.7 Å². The number of imidazole rings is 1. The molecule has 0 aliphatic carbocycles. The first-order chi connectivity index (χ1) is 11.1. The lowest BCUT2D eigenvalue weighted by molar-refractivity contribution is -0.139. The Morgan fingerprint density at radius 1 is 1.17 bits per heavy atom. The summed E-state index contributed by atoms with van der Waals surface area (Å²) in [5.74, 6) is -0.365. The predicted octanol–water partition coefficient (Wildman–Crippen LogP) is 3.71. The standard InChI is InChI=1S/C19H18N2O2/c1-14-6-8-16(9-7-14)10-11-19(22)23-13-17-15(2)20-18-5-3-4-12-21(17)18/h3-12H,13H2,1-2H3/b11-10+. The Labute approximate surface area is 135 Å². The van der Waals surface area contributed by atoms with Crippen molar-refractivity contribution in [1.29, 1.82) is 0 Å². The van der Waals surface area contributed by atoms with Crippen LogP contribution in [0.15, 0.2) is 54.7 Å². The zero-order chi connectivity index (χ0) is 16.2. The fourth-order valence-corrected chi connectivity index (χ4v) is 2.37. The second kappa shape index (κ2) is 6.48. The summed E-state index contributed by atoms with van der Waals surface area (Å²) in [6.45, 7) is 4.15. The minimum atomic E-state index is -0.365. The fourth-order valence-electron chi connectivity index (χ4n) is 2.37. The molecule has 0 aliphatic rings. The molecule has 3 rings (SSSR count). The van der Waals surface area contributed by atoms with Crippen LogP contribution in [-0.2, 0) is 16.1 Å². The lowest BCUT2D eigenvalue weighted by atomic mass is 10.1. The summed E-state index contributed by atoms with van der Waals surface area (Å²) in [5.41, 5.74) is 4.77. The van der Waals surface area contributed by atoms with Crippen LogP contribution in [0.5, 0.6) is 0 Å². The van der Waals surface area contributed by atoms with Crippen molar-refractivity contribution in [1.82, 2.24) is 9.38 Å². The maximum absolute atomic E-state index is 11.9. The molecule has 0 fully saturated rings. The summed E-state index contributed by atoms with van der Waals surface area (Å²) in [6.07, 6.45) is 5.12. The predicted molar refractivity (Wildman–Crippen MR) is 89.9 cm³/mol. The number of hydrogen-bond donors (Lipinski definition) is 0. The van der Waals surface area contributed by atoms with Gasteiger partial charge in [0.1, 0.15) is 12.3 Å². The lowest BCUT2D eigenvalue weighted by Crippen LogP contribution is -2.04. The van der Waals surface area contributed by atoms with Crippen molar-refractivity contribution in [3.63, 3.8) is 0 Å². The van der Waals surface area contributed by atoms with E-state index in [9.17, 15) is 4.79 Å². The molecule has 0 spiro atoms. The lowest BCUT2D eigenvalue weighted by Gasteiger charge is -2.03. The van der Waals surface area contributed by atoms with Crippen molar-refractivity contribution in [3.8, 4) is 0 Å². The van der Waals surface area contributed by atoms with E-state index >= 15 is 0 Å². The van der Waals surface area contributed by atoms with Gasteiger partial charge >= 0.3 is 5.97 Å². The van der Waals surface area contributed by atoms with Crippen molar-refractivity contribution in [2.24, 2.45) is 0 Å². The van der Waals surface area contributed by atoms with E-state index < -0.39 is 0 Å². The SMILES string of the molecule is Cc1ccc(/C=C/C(=O)OCc2c(C)nc3ccccn23)cc1. The average molecular weight is 306 g/mol. The van der Waals surface area contributed by atoms with E-state index in [0.29, 0.717) is 0 Å². The van der Waals surface area contributed by atoms with Gasteiger partial charge in [-0.05, 0) is 37.6 Å². The van der Waals surface area contributed by atoms with Crippen LogP contribution in [0.4, 0.5) is 0 Å². The molecule has 0 N–H and O–H groups in total. The van der Waals surface area contributed by atoms with E-state index in [-0.39, 0.29) is 12.6 Å². The van der Waals surface area contributed by atoms with Gasteiger partial charge in [0, 0.05) is 12.3 Å². The molecule has 0 saturated heterocycles. The van der Waals surface area contributed by atoms with Gasteiger partial charge < -0.3 is 9.14 Å². The highest BCUT2D eigenvalue weighted by molar-refractivity contribution is 5.87. The largest absolute Gasteiger partial charge is 0.456 e. The maximum Gasteiger partial charge on any atom is 0.331 e. The van der Waals surface area contributed by atoms with Gasteiger partial charge in [0.15, 0.2) is 0 Å². The Balaban J connectivity index is 1.66. The minimum Gasteiger partial charge on any atom is -0.456 e. The number of aromatic nitrogens is 2. The molecule has 2 heterocycles. The summed E-state index contributed by atoms with van der Waals surface area (Å²) in [6, 6.07) is 13.7. The van der Waals surface area contributed by atoms with Gasteiger partial charge in [0.2, 0.25) is 0 Å². The van der Waals surface area contributed by atoms with Crippen LogP contribution in [0.1, 0.15) is 22.5 Å². The van der Waals surface area contributed by atoms with E-state index in [0.717, 1.165) is 22.6 Å². The second-order valence-corrected chi connectivity index (χ2v) is 5.42. The van der Waals surface area contributed by atoms with Crippen LogP contribution in [0.3, 0.4) is 0 Å². The fraction of sp³-hybridized carbons (Fsp3) is 0.158. The normalized spacial score (nSPS) is 11.2. The van der Waals surface area contributed by atoms with Gasteiger partial charge in [-0.3, -0.25) is 0 Å². The van der Waals surface area contributed by atoms with E-state index in [1.54, 1.807) is 6.08 Å². The Morgan fingerprint density at radius 3 is 2.74 bits per heavy atom. The first-order valence-corrected chi connectivity index (χ1v) is 7.47. The molecule has 3 aromatic rings. The molecular formula is C19H18N2O2.